The molecular formula is C13H16BrNO3S. The number of rotatable bonds is 4. The molecule has 1 aliphatic carbocycles. The van der Waals surface area contributed by atoms with Gasteiger partial charge in [-0.1, -0.05) is 0 Å². The minimum Gasteiger partial charge on any atom is -0.481 e. The minimum absolute atomic E-state index is 0.0330. The topological polar surface area (TPSA) is 66.4 Å². The molecule has 2 rings (SSSR count). The zero-order chi connectivity index (χ0) is 13.8. The molecule has 2 N–H and O–H groups in total. The van der Waals surface area contributed by atoms with E-state index in [-0.39, 0.29) is 17.7 Å². The summed E-state index contributed by atoms with van der Waals surface area (Å²) >= 11 is 5.03. The van der Waals surface area contributed by atoms with Crippen molar-refractivity contribution in [2.24, 2.45) is 11.8 Å². The van der Waals surface area contributed by atoms with Gasteiger partial charge in [0.2, 0.25) is 5.91 Å². The van der Waals surface area contributed by atoms with Crippen molar-refractivity contribution in [1.82, 2.24) is 5.32 Å². The van der Waals surface area contributed by atoms with Crippen molar-refractivity contribution in [3.8, 4) is 0 Å². The fourth-order valence-corrected chi connectivity index (χ4v) is 3.80. The van der Waals surface area contributed by atoms with Gasteiger partial charge in [-0.05, 0) is 53.1 Å². The number of carboxylic acid groups (broad SMARTS) is 1. The second-order valence-electron chi connectivity index (χ2n) is 4.80. The first kappa shape index (κ1) is 14.5. The van der Waals surface area contributed by atoms with Crippen LogP contribution in [0.25, 0.3) is 0 Å². The van der Waals surface area contributed by atoms with Gasteiger partial charge in [0.1, 0.15) is 0 Å². The first-order valence-corrected chi connectivity index (χ1v) is 7.97. The van der Waals surface area contributed by atoms with E-state index >= 15 is 0 Å². The summed E-state index contributed by atoms with van der Waals surface area (Å²) in [5, 5.41) is 13.8. The highest BCUT2D eigenvalue weighted by atomic mass is 79.9. The number of carbonyl (C=O) groups excluding carboxylic acids is 1. The molecule has 4 nitrogen and oxygen atoms in total. The Hall–Kier alpha value is -0.880. The Kier molecular flexibility index (Phi) is 4.99. The molecule has 1 aromatic heterocycles. The van der Waals surface area contributed by atoms with Crippen molar-refractivity contribution in [3.05, 3.63) is 20.8 Å². The van der Waals surface area contributed by atoms with Crippen LogP contribution in [-0.2, 0) is 16.1 Å². The van der Waals surface area contributed by atoms with Gasteiger partial charge in [0, 0.05) is 15.3 Å². The number of thiophene rings is 1. The van der Waals surface area contributed by atoms with Gasteiger partial charge in [-0.25, -0.2) is 0 Å². The molecule has 0 spiro atoms. The molecule has 1 amide bonds. The van der Waals surface area contributed by atoms with Crippen LogP contribution in [0, 0.1) is 11.8 Å². The van der Waals surface area contributed by atoms with Crippen molar-refractivity contribution < 1.29 is 14.7 Å². The lowest BCUT2D eigenvalue weighted by atomic mass is 9.81. The molecule has 0 atom stereocenters. The molecule has 1 aliphatic rings. The van der Waals surface area contributed by atoms with E-state index in [0.717, 1.165) is 9.35 Å². The SMILES string of the molecule is O=C(O)C1CCC(C(=O)NCc2sccc2Br)CC1. The monoisotopic (exact) mass is 345 g/mol. The number of hydrogen-bond acceptors (Lipinski definition) is 3. The predicted molar refractivity (Wildman–Crippen MR) is 76.9 cm³/mol. The van der Waals surface area contributed by atoms with Gasteiger partial charge in [0.05, 0.1) is 12.5 Å². The molecule has 1 aromatic rings. The first-order valence-electron chi connectivity index (χ1n) is 6.30. The number of halogens is 1. The molecule has 0 bridgehead atoms. The van der Waals surface area contributed by atoms with Crippen LogP contribution in [0.4, 0.5) is 0 Å². The second kappa shape index (κ2) is 6.52. The highest BCUT2D eigenvalue weighted by molar-refractivity contribution is 9.10. The summed E-state index contributed by atoms with van der Waals surface area (Å²) in [5.41, 5.74) is 0. The molecule has 19 heavy (non-hydrogen) atoms. The fourth-order valence-electron chi connectivity index (χ4n) is 2.37. The summed E-state index contributed by atoms with van der Waals surface area (Å²) in [4.78, 5) is 24.0. The number of amides is 1. The van der Waals surface area contributed by atoms with Gasteiger partial charge < -0.3 is 10.4 Å². The Morgan fingerprint density at radius 2 is 1.95 bits per heavy atom. The largest absolute Gasteiger partial charge is 0.481 e. The van der Waals surface area contributed by atoms with Crippen molar-refractivity contribution in [2.45, 2.75) is 32.2 Å². The summed E-state index contributed by atoms with van der Waals surface area (Å²) in [7, 11) is 0. The Morgan fingerprint density at radius 1 is 1.32 bits per heavy atom. The zero-order valence-electron chi connectivity index (χ0n) is 10.4. The normalized spacial score (nSPS) is 23.0. The number of nitrogens with one attached hydrogen (secondary N) is 1. The smallest absolute Gasteiger partial charge is 0.306 e. The minimum atomic E-state index is -0.735. The lowest BCUT2D eigenvalue weighted by Crippen LogP contribution is -2.33. The van der Waals surface area contributed by atoms with E-state index in [1.165, 1.54) is 0 Å². The van der Waals surface area contributed by atoms with E-state index in [1.54, 1.807) is 11.3 Å². The van der Waals surface area contributed by atoms with Crippen molar-refractivity contribution >= 4 is 39.1 Å². The van der Waals surface area contributed by atoms with Crippen LogP contribution in [-0.4, -0.2) is 17.0 Å². The van der Waals surface area contributed by atoms with Gasteiger partial charge in [0.25, 0.3) is 0 Å². The highest BCUT2D eigenvalue weighted by Gasteiger charge is 2.29. The number of aliphatic carboxylic acids is 1. The predicted octanol–water partition coefficient (Wildman–Crippen LogP) is 3.02. The third kappa shape index (κ3) is 3.79. The van der Waals surface area contributed by atoms with Gasteiger partial charge in [0.15, 0.2) is 0 Å². The highest BCUT2D eigenvalue weighted by Crippen LogP contribution is 2.29. The summed E-state index contributed by atoms with van der Waals surface area (Å²) in [6.07, 6.45) is 2.56. The quantitative estimate of drug-likeness (QED) is 0.881. The van der Waals surface area contributed by atoms with Gasteiger partial charge >= 0.3 is 5.97 Å². The summed E-state index contributed by atoms with van der Waals surface area (Å²) in [6, 6.07) is 1.96. The lowest BCUT2D eigenvalue weighted by molar-refractivity contribution is -0.144. The van der Waals surface area contributed by atoms with Crippen molar-refractivity contribution in [1.29, 1.82) is 0 Å². The molecule has 0 unspecified atom stereocenters. The zero-order valence-corrected chi connectivity index (χ0v) is 12.8. The maximum absolute atomic E-state index is 12.0. The van der Waals surface area contributed by atoms with Crippen LogP contribution in [0.5, 0.6) is 0 Å². The number of carboxylic acids is 1. The maximum atomic E-state index is 12.0. The molecular weight excluding hydrogens is 330 g/mol. The van der Waals surface area contributed by atoms with Gasteiger partial charge in [-0.15, -0.1) is 11.3 Å². The van der Waals surface area contributed by atoms with E-state index in [2.05, 4.69) is 21.2 Å². The third-order valence-electron chi connectivity index (χ3n) is 3.56. The molecule has 1 saturated carbocycles. The molecule has 1 heterocycles. The average molecular weight is 346 g/mol. The third-order valence-corrected chi connectivity index (χ3v) is 5.49. The maximum Gasteiger partial charge on any atom is 0.306 e. The van der Waals surface area contributed by atoms with Crippen LogP contribution in [0.2, 0.25) is 0 Å². The first-order chi connectivity index (χ1) is 9.08. The Morgan fingerprint density at radius 3 is 2.47 bits per heavy atom. The van der Waals surface area contributed by atoms with E-state index in [9.17, 15) is 9.59 Å². The molecule has 0 saturated heterocycles. The van der Waals surface area contributed by atoms with Crippen LogP contribution in [0.1, 0.15) is 30.6 Å². The molecule has 6 heteroatoms. The van der Waals surface area contributed by atoms with Crippen LogP contribution < -0.4 is 5.32 Å². The number of carbonyl (C=O) groups is 2. The summed E-state index contributed by atoms with van der Waals surface area (Å²) in [6.45, 7) is 0.538. The Balaban J connectivity index is 1.79. The molecule has 0 aliphatic heterocycles. The Bertz CT molecular complexity index is 466. The average Bonchev–Trinajstić information content (AvgIpc) is 2.81. The van der Waals surface area contributed by atoms with E-state index in [4.69, 9.17) is 5.11 Å². The fraction of sp³-hybridized carbons (Fsp3) is 0.538. The molecule has 0 radical (unpaired) electrons. The standard InChI is InChI=1S/C13H16BrNO3S/c14-10-5-6-19-11(10)7-15-12(16)8-1-3-9(4-2-8)13(17)18/h5-6,8-9H,1-4,7H2,(H,15,16)(H,17,18). The van der Waals surface area contributed by atoms with E-state index < -0.39 is 5.97 Å². The summed E-state index contributed by atoms with van der Waals surface area (Å²) in [5.74, 6) is -0.990. The van der Waals surface area contributed by atoms with Crippen LogP contribution in [0.3, 0.4) is 0 Å². The van der Waals surface area contributed by atoms with E-state index in [0.29, 0.717) is 32.2 Å². The molecule has 0 aromatic carbocycles. The summed E-state index contributed by atoms with van der Waals surface area (Å²) < 4.78 is 1.02. The van der Waals surface area contributed by atoms with Gasteiger partial charge in [-0.3, -0.25) is 9.59 Å². The Labute approximate surface area is 124 Å². The lowest BCUT2D eigenvalue weighted by Gasteiger charge is -2.25. The van der Waals surface area contributed by atoms with Crippen molar-refractivity contribution in [3.63, 3.8) is 0 Å². The molecule has 104 valence electrons. The van der Waals surface area contributed by atoms with E-state index in [1.807, 2.05) is 11.4 Å². The van der Waals surface area contributed by atoms with Gasteiger partial charge in [-0.2, -0.15) is 0 Å². The second-order valence-corrected chi connectivity index (χ2v) is 6.65. The number of hydrogen-bond donors (Lipinski definition) is 2. The van der Waals surface area contributed by atoms with Crippen molar-refractivity contribution in [2.75, 3.05) is 0 Å². The van der Waals surface area contributed by atoms with Crippen LogP contribution >= 0.6 is 27.3 Å². The van der Waals surface area contributed by atoms with Crippen LogP contribution in [0.15, 0.2) is 15.9 Å². The molecule has 1 fully saturated rings.